The Morgan fingerprint density at radius 1 is 0.536 bits per heavy atom. The van der Waals surface area contributed by atoms with Crippen molar-refractivity contribution in [1.29, 1.82) is 0 Å². The summed E-state index contributed by atoms with van der Waals surface area (Å²) in [4.78, 5) is 85.0. The molecule has 2 heterocycles. The van der Waals surface area contributed by atoms with Gasteiger partial charge in [0.2, 0.25) is 0 Å². The molecule has 2 rings (SSSR count). The molecule has 0 spiro atoms. The van der Waals surface area contributed by atoms with Crippen LogP contribution in [0.4, 0.5) is 0 Å². The zero-order chi connectivity index (χ0) is 51.6. The molecular formula is C52H94O15Sn2. The van der Waals surface area contributed by atoms with Gasteiger partial charge in [0, 0.05) is 0 Å². The molecule has 0 radical (unpaired) electrons. The molecule has 0 aromatic carbocycles. The van der Waals surface area contributed by atoms with Gasteiger partial charge in [-0.15, -0.1) is 0 Å². The van der Waals surface area contributed by atoms with Crippen molar-refractivity contribution in [2.75, 3.05) is 0 Å². The van der Waals surface area contributed by atoms with Gasteiger partial charge in [0.1, 0.15) is 0 Å². The van der Waals surface area contributed by atoms with Gasteiger partial charge >= 0.3 is 429 Å². The van der Waals surface area contributed by atoms with Gasteiger partial charge in [0.15, 0.2) is 0 Å². The average molecular weight is 1200 g/mol. The number of carbonyl (C=O) groups excluding carboxylic acids is 6. The predicted molar refractivity (Wildman–Crippen MR) is 267 cm³/mol. The first-order chi connectivity index (χ1) is 32.8. The quantitative estimate of drug-likeness (QED) is 0.0389. The molecule has 2 aliphatic rings. The van der Waals surface area contributed by atoms with Gasteiger partial charge in [-0.3, -0.25) is 0 Å². The summed E-state index contributed by atoms with van der Waals surface area (Å²) in [6.07, 6.45) is 15.9. The van der Waals surface area contributed by atoms with Crippen LogP contribution in [0.3, 0.4) is 0 Å². The molecule has 8 atom stereocenters. The molecule has 2 fully saturated rings. The van der Waals surface area contributed by atoms with E-state index in [4.69, 9.17) is 18.4 Å². The third-order valence-electron chi connectivity index (χ3n) is 14.2. The Kier molecular flexibility index (Phi) is 29.8. The van der Waals surface area contributed by atoms with Crippen LogP contribution in [0.5, 0.6) is 0 Å². The second-order valence-electron chi connectivity index (χ2n) is 20.5. The van der Waals surface area contributed by atoms with Crippen LogP contribution in [0.2, 0.25) is 8.87 Å². The minimum absolute atomic E-state index is 0.0386. The first kappa shape index (κ1) is 63.4. The molecule has 3 N–H and O–H groups in total. The van der Waals surface area contributed by atoms with E-state index >= 15 is 0 Å². The molecule has 17 heteroatoms. The molecule has 15 nitrogen and oxygen atoms in total. The van der Waals surface area contributed by atoms with Crippen molar-refractivity contribution >= 4 is 75.1 Å². The standard InChI is InChI=1S/3C12H22O5.2C8H17.2Sn/c3*1-3-5-6-9(4-2)7-12(17,11(15)16)8-10(13)14;2*1-3-5-7-8-6-4-2;;/h3*9,17H,3-8H2,1-2H3,(H,13,14)(H,15,16);2*1,3-8H2,2H3;;/q;;;;;2*+3/p-6. The first-order valence-corrected chi connectivity index (χ1v) is 38.3. The molecule has 8 unspecified atom stereocenters. The summed E-state index contributed by atoms with van der Waals surface area (Å²) in [7, 11) is 0. The molecule has 2 aliphatic heterocycles. The van der Waals surface area contributed by atoms with E-state index in [1.165, 1.54) is 0 Å². The molecule has 0 saturated carbocycles. The van der Waals surface area contributed by atoms with Gasteiger partial charge in [-0.2, -0.15) is 0 Å². The Morgan fingerprint density at radius 2 is 0.899 bits per heavy atom. The van der Waals surface area contributed by atoms with Gasteiger partial charge < -0.3 is 0 Å². The van der Waals surface area contributed by atoms with Crippen LogP contribution < -0.4 is 0 Å². The molecule has 400 valence electrons. The minimum atomic E-state index is -5.80. The van der Waals surface area contributed by atoms with Crippen molar-refractivity contribution in [3.05, 3.63) is 0 Å². The van der Waals surface area contributed by atoms with Crippen LogP contribution in [-0.2, 0) is 47.2 Å². The summed E-state index contributed by atoms with van der Waals surface area (Å²) >= 11 is -11.5. The third-order valence-corrected chi connectivity index (χ3v) is 28.6. The van der Waals surface area contributed by atoms with E-state index in [0.717, 1.165) is 103 Å². The van der Waals surface area contributed by atoms with Crippen molar-refractivity contribution in [2.45, 2.75) is 274 Å². The summed E-state index contributed by atoms with van der Waals surface area (Å²) in [5.74, 6) is -7.07. The Hall–Kier alpha value is -1.70. The van der Waals surface area contributed by atoms with Gasteiger partial charge in [-0.1, -0.05) is 0 Å². The molecule has 0 bridgehead atoms. The van der Waals surface area contributed by atoms with Crippen LogP contribution >= 0.6 is 0 Å². The van der Waals surface area contributed by atoms with Crippen LogP contribution in [0, 0.1) is 17.8 Å². The van der Waals surface area contributed by atoms with Gasteiger partial charge in [0.25, 0.3) is 0 Å². The molecule has 69 heavy (non-hydrogen) atoms. The maximum atomic E-state index is 14.9. The molecule has 0 aromatic rings. The van der Waals surface area contributed by atoms with Gasteiger partial charge in [-0.05, 0) is 0 Å². The second-order valence-corrected chi connectivity index (χ2v) is 34.6. The van der Waals surface area contributed by atoms with Crippen molar-refractivity contribution in [3.63, 3.8) is 0 Å². The SMILES string of the molecule is CCCCCCC[CH2][Sn]1([O]C(=O)CC(O)(CC(CC)CCCC)C(=O)[O][Sn]2([CH2]CCCCCCC)[O]C(=O)CC(O)(CC(CC)CCCC)C(=O)[O]2)[O]C(=O)CC(O)(CC(CC)CCCC)C(=O)[O]1. The van der Waals surface area contributed by atoms with E-state index in [2.05, 4.69) is 13.8 Å². The number of hydrogen-bond acceptors (Lipinski definition) is 15. The molecule has 0 aromatic heterocycles. The van der Waals surface area contributed by atoms with E-state index < -0.39 is 111 Å². The molecule has 2 saturated heterocycles. The van der Waals surface area contributed by atoms with Crippen LogP contribution in [0.15, 0.2) is 0 Å². The van der Waals surface area contributed by atoms with E-state index in [9.17, 15) is 44.1 Å². The number of carbonyl (C=O) groups is 6. The zero-order valence-electron chi connectivity index (χ0n) is 44.1. The van der Waals surface area contributed by atoms with Gasteiger partial charge in [-0.25, -0.2) is 0 Å². The summed E-state index contributed by atoms with van der Waals surface area (Å²) < 4.78 is 36.0. The first-order valence-electron chi connectivity index (χ1n) is 27.3. The normalized spacial score (nSPS) is 25.2. The number of aliphatic hydroxyl groups is 3. The van der Waals surface area contributed by atoms with Gasteiger partial charge in [0.05, 0.1) is 0 Å². The third kappa shape index (κ3) is 21.7. The average Bonchev–Trinajstić information content (AvgIpc) is 3.44. The van der Waals surface area contributed by atoms with Crippen molar-refractivity contribution < 1.29 is 62.5 Å². The fourth-order valence-corrected chi connectivity index (χ4v) is 23.7. The predicted octanol–water partition coefficient (Wildman–Crippen LogP) is 11.1. The molecule has 0 aliphatic carbocycles. The fourth-order valence-electron chi connectivity index (χ4n) is 9.67. The Bertz CT molecular complexity index is 1580. The van der Waals surface area contributed by atoms with E-state index in [1.807, 2.05) is 41.5 Å². The summed E-state index contributed by atoms with van der Waals surface area (Å²) in [6.45, 7) is 16.1. The van der Waals surface area contributed by atoms with Crippen LogP contribution in [-0.4, -0.2) is 107 Å². The van der Waals surface area contributed by atoms with E-state index in [1.54, 1.807) is 0 Å². The molecule has 0 amide bonds. The van der Waals surface area contributed by atoms with Crippen molar-refractivity contribution in [3.8, 4) is 0 Å². The molecular weight excluding hydrogens is 1100 g/mol. The Morgan fingerprint density at radius 3 is 1.29 bits per heavy atom. The fraction of sp³-hybridized carbons (Fsp3) is 0.885. The van der Waals surface area contributed by atoms with Crippen LogP contribution in [0.1, 0.15) is 248 Å². The number of rotatable bonds is 37. The Balaban J connectivity index is 2.64. The maximum absolute atomic E-state index is 14.9. The van der Waals surface area contributed by atoms with E-state index in [0.29, 0.717) is 51.4 Å². The van der Waals surface area contributed by atoms with Crippen LogP contribution in [0.25, 0.3) is 0 Å². The second kappa shape index (κ2) is 32.5. The van der Waals surface area contributed by atoms with E-state index in [-0.39, 0.29) is 45.9 Å². The monoisotopic (exact) mass is 1200 g/mol. The number of hydrogen-bond donors (Lipinski definition) is 3. The van der Waals surface area contributed by atoms with Crippen molar-refractivity contribution in [2.24, 2.45) is 17.8 Å². The summed E-state index contributed by atoms with van der Waals surface area (Å²) in [5.41, 5.74) is -7.07. The summed E-state index contributed by atoms with van der Waals surface area (Å²) in [6, 6.07) is 0. The zero-order valence-corrected chi connectivity index (χ0v) is 49.8. The topological polar surface area (TPSA) is 218 Å². The number of unbranched alkanes of at least 4 members (excludes halogenated alkanes) is 13. The Labute approximate surface area is 426 Å². The van der Waals surface area contributed by atoms with Crippen molar-refractivity contribution in [1.82, 2.24) is 0 Å². The summed E-state index contributed by atoms with van der Waals surface area (Å²) in [5, 5.41) is 36.3.